The number of nitrogens with one attached hydrogen (secondary N) is 1. The van der Waals surface area contributed by atoms with Crippen molar-refractivity contribution in [1.29, 1.82) is 0 Å². The summed E-state index contributed by atoms with van der Waals surface area (Å²) < 4.78 is 25.5. The molecule has 0 unspecified atom stereocenters. The number of aromatic nitrogens is 2. The Morgan fingerprint density at radius 1 is 1.00 bits per heavy atom. The van der Waals surface area contributed by atoms with Gasteiger partial charge in [0.1, 0.15) is 5.82 Å². The monoisotopic (exact) mass is 396 g/mol. The van der Waals surface area contributed by atoms with E-state index in [2.05, 4.69) is 9.97 Å². The minimum atomic E-state index is -3.44. The van der Waals surface area contributed by atoms with Gasteiger partial charge in [0.2, 0.25) is 0 Å². The van der Waals surface area contributed by atoms with E-state index in [4.69, 9.17) is 11.6 Å². The number of para-hydroxylation sites is 2. The van der Waals surface area contributed by atoms with Crippen LogP contribution in [-0.4, -0.2) is 18.4 Å². The molecule has 0 fully saturated rings. The van der Waals surface area contributed by atoms with Gasteiger partial charge in [0.05, 0.1) is 26.7 Å². The van der Waals surface area contributed by atoms with Crippen LogP contribution in [0.1, 0.15) is 11.1 Å². The molecule has 1 heterocycles. The van der Waals surface area contributed by atoms with Gasteiger partial charge in [0, 0.05) is 5.56 Å². The van der Waals surface area contributed by atoms with Gasteiger partial charge in [-0.1, -0.05) is 47.5 Å². The highest BCUT2D eigenvalue weighted by Crippen LogP contribution is 2.30. The Balaban J connectivity index is 1.71. The summed E-state index contributed by atoms with van der Waals surface area (Å²) in [5.41, 5.74) is 4.11. The van der Waals surface area contributed by atoms with Gasteiger partial charge in [-0.15, -0.1) is 0 Å². The molecule has 4 aromatic rings. The van der Waals surface area contributed by atoms with Gasteiger partial charge in [0.25, 0.3) is 0 Å². The molecule has 0 spiro atoms. The second kappa shape index (κ2) is 6.83. The summed E-state index contributed by atoms with van der Waals surface area (Å²) >= 11 is 6.35. The Hall–Kier alpha value is -2.63. The maximum atomic E-state index is 12.7. The van der Waals surface area contributed by atoms with Crippen LogP contribution >= 0.6 is 11.6 Å². The fraction of sp³-hybridized carbons (Fsp3) is 0.0952. The molecule has 0 amide bonds. The third-order valence-corrected chi connectivity index (χ3v) is 6.45. The number of aromatic amines is 1. The zero-order valence-electron chi connectivity index (χ0n) is 14.6. The fourth-order valence-corrected chi connectivity index (χ4v) is 4.52. The van der Waals surface area contributed by atoms with Gasteiger partial charge >= 0.3 is 0 Å². The third kappa shape index (κ3) is 3.61. The van der Waals surface area contributed by atoms with Gasteiger partial charge < -0.3 is 4.98 Å². The van der Waals surface area contributed by atoms with E-state index in [1.54, 1.807) is 42.5 Å². The number of nitrogens with zero attached hydrogens (tertiary/aromatic N) is 1. The lowest BCUT2D eigenvalue weighted by Crippen LogP contribution is -2.05. The normalized spacial score (nSPS) is 11.8. The number of benzene rings is 3. The van der Waals surface area contributed by atoms with Crippen molar-refractivity contribution in [3.05, 3.63) is 82.9 Å². The summed E-state index contributed by atoms with van der Waals surface area (Å²) in [5, 5.41) is 0.519. The smallest absolute Gasteiger partial charge is 0.182 e. The second-order valence-corrected chi connectivity index (χ2v) is 8.89. The number of rotatable bonds is 4. The van der Waals surface area contributed by atoms with E-state index >= 15 is 0 Å². The van der Waals surface area contributed by atoms with E-state index in [0.717, 1.165) is 16.6 Å². The summed E-state index contributed by atoms with van der Waals surface area (Å²) in [5.74, 6) is 0.524. The molecule has 1 aromatic heterocycles. The molecule has 0 atom stereocenters. The molecule has 27 heavy (non-hydrogen) atoms. The first-order valence-corrected chi connectivity index (χ1v) is 10.5. The first-order chi connectivity index (χ1) is 12.9. The minimum absolute atomic E-state index is 0.0968. The quantitative estimate of drug-likeness (QED) is 0.517. The van der Waals surface area contributed by atoms with Crippen LogP contribution in [0.15, 0.2) is 71.6 Å². The highest BCUT2D eigenvalue weighted by Gasteiger charge is 2.17. The largest absolute Gasteiger partial charge is 0.338 e. The molecule has 4 nitrogen and oxygen atoms in total. The van der Waals surface area contributed by atoms with Crippen molar-refractivity contribution < 1.29 is 8.42 Å². The minimum Gasteiger partial charge on any atom is -0.338 e. The van der Waals surface area contributed by atoms with Crippen LogP contribution in [-0.2, 0) is 15.6 Å². The SMILES string of the molecule is Cc1ccc(S(=O)(=O)Cc2ccc(Cl)c(-c3nc4ccccc4[nH]3)c2)cc1. The number of fused-ring (bicyclic) bond motifs is 1. The van der Waals surface area contributed by atoms with Crippen LogP contribution in [0.3, 0.4) is 0 Å². The number of hydrogen-bond donors (Lipinski definition) is 1. The predicted octanol–water partition coefficient (Wildman–Crippen LogP) is 5.17. The lowest BCUT2D eigenvalue weighted by atomic mass is 10.1. The van der Waals surface area contributed by atoms with E-state index in [-0.39, 0.29) is 5.75 Å². The zero-order valence-corrected chi connectivity index (χ0v) is 16.2. The van der Waals surface area contributed by atoms with E-state index < -0.39 is 9.84 Å². The summed E-state index contributed by atoms with van der Waals surface area (Å²) in [4.78, 5) is 8.11. The Morgan fingerprint density at radius 2 is 1.74 bits per heavy atom. The molecule has 4 rings (SSSR count). The van der Waals surface area contributed by atoms with Gasteiger partial charge in [-0.2, -0.15) is 0 Å². The maximum Gasteiger partial charge on any atom is 0.182 e. The molecule has 0 aliphatic heterocycles. The van der Waals surface area contributed by atoms with E-state index in [1.807, 2.05) is 31.2 Å². The molecule has 3 aromatic carbocycles. The van der Waals surface area contributed by atoms with Crippen molar-refractivity contribution in [2.24, 2.45) is 0 Å². The van der Waals surface area contributed by atoms with Gasteiger partial charge in [-0.25, -0.2) is 13.4 Å². The van der Waals surface area contributed by atoms with Crippen LogP contribution in [0.4, 0.5) is 0 Å². The van der Waals surface area contributed by atoms with Crippen LogP contribution < -0.4 is 0 Å². The van der Waals surface area contributed by atoms with Crippen LogP contribution in [0, 0.1) is 6.92 Å². The average Bonchev–Trinajstić information content (AvgIpc) is 3.07. The Morgan fingerprint density at radius 3 is 2.48 bits per heavy atom. The molecule has 136 valence electrons. The average molecular weight is 397 g/mol. The summed E-state index contributed by atoms with van der Waals surface area (Å²) in [7, 11) is -3.44. The van der Waals surface area contributed by atoms with Crippen molar-refractivity contribution in [1.82, 2.24) is 9.97 Å². The fourth-order valence-electron chi connectivity index (χ4n) is 2.97. The standard InChI is InChI=1S/C21H17ClN2O2S/c1-14-6-9-16(10-7-14)27(25,26)13-15-8-11-18(22)17(12-15)21-23-19-4-2-3-5-20(19)24-21/h2-12H,13H2,1H3,(H,23,24). The molecule has 1 N–H and O–H groups in total. The number of H-pyrrole nitrogens is 1. The Bertz CT molecular complexity index is 1200. The Labute approximate surface area is 162 Å². The molecule has 0 bridgehead atoms. The van der Waals surface area contributed by atoms with E-state index in [9.17, 15) is 8.42 Å². The molecule has 6 heteroatoms. The molecule has 0 saturated carbocycles. The second-order valence-electron chi connectivity index (χ2n) is 6.49. The van der Waals surface area contributed by atoms with Crippen molar-refractivity contribution >= 4 is 32.5 Å². The topological polar surface area (TPSA) is 62.8 Å². The summed E-state index contributed by atoms with van der Waals surface area (Å²) in [6, 6.07) is 19.8. The molecule has 0 radical (unpaired) electrons. The Kier molecular flexibility index (Phi) is 4.50. The van der Waals surface area contributed by atoms with Crippen molar-refractivity contribution in [2.75, 3.05) is 0 Å². The van der Waals surface area contributed by atoms with Crippen molar-refractivity contribution in [3.63, 3.8) is 0 Å². The number of halogens is 1. The highest BCUT2D eigenvalue weighted by molar-refractivity contribution is 7.90. The van der Waals surface area contributed by atoms with E-state index in [1.165, 1.54) is 0 Å². The zero-order chi connectivity index (χ0) is 19.0. The van der Waals surface area contributed by atoms with Crippen molar-refractivity contribution in [2.45, 2.75) is 17.6 Å². The molecule has 0 aliphatic carbocycles. The maximum absolute atomic E-state index is 12.7. The van der Waals surface area contributed by atoms with E-state index in [0.29, 0.717) is 26.9 Å². The first kappa shape index (κ1) is 17.8. The molecule has 0 saturated heterocycles. The number of imidazole rings is 1. The van der Waals surface area contributed by atoms with Crippen LogP contribution in [0.25, 0.3) is 22.4 Å². The van der Waals surface area contributed by atoms with Gasteiger partial charge in [0.15, 0.2) is 9.84 Å². The van der Waals surface area contributed by atoms with Crippen molar-refractivity contribution in [3.8, 4) is 11.4 Å². The molecule has 0 aliphatic rings. The number of hydrogen-bond acceptors (Lipinski definition) is 3. The third-order valence-electron chi connectivity index (χ3n) is 4.41. The van der Waals surface area contributed by atoms with Gasteiger partial charge in [-0.05, 0) is 48.9 Å². The first-order valence-electron chi connectivity index (χ1n) is 8.45. The van der Waals surface area contributed by atoms with Crippen LogP contribution in [0.2, 0.25) is 5.02 Å². The molecular formula is C21H17ClN2O2S. The lowest BCUT2D eigenvalue weighted by Gasteiger charge is -2.08. The van der Waals surface area contributed by atoms with Gasteiger partial charge in [-0.3, -0.25) is 0 Å². The number of sulfone groups is 1. The highest BCUT2D eigenvalue weighted by atomic mass is 35.5. The molecular weight excluding hydrogens is 380 g/mol. The summed E-state index contributed by atoms with van der Waals surface area (Å²) in [6.45, 7) is 1.93. The predicted molar refractivity (Wildman–Crippen MR) is 109 cm³/mol. The van der Waals surface area contributed by atoms with Crippen LogP contribution in [0.5, 0.6) is 0 Å². The number of aryl methyl sites for hydroxylation is 1. The lowest BCUT2D eigenvalue weighted by molar-refractivity contribution is 0.595. The summed E-state index contributed by atoms with van der Waals surface area (Å²) in [6.07, 6.45) is 0.